The van der Waals surface area contributed by atoms with Crippen LogP contribution in [0.2, 0.25) is 0 Å². The molecule has 0 radical (unpaired) electrons. The van der Waals surface area contributed by atoms with Crippen LogP contribution in [0.5, 0.6) is 17.2 Å². The van der Waals surface area contributed by atoms with E-state index in [1.54, 1.807) is 32.2 Å². The fourth-order valence-corrected chi connectivity index (χ4v) is 2.76. The van der Waals surface area contributed by atoms with Crippen molar-refractivity contribution < 1.29 is 23.6 Å². The van der Waals surface area contributed by atoms with Crippen LogP contribution in [0, 0.1) is 13.8 Å². The molecule has 1 aromatic heterocycles. The Kier molecular flexibility index (Phi) is 6.01. The van der Waals surface area contributed by atoms with Crippen molar-refractivity contribution in [3.05, 3.63) is 47.5 Å². The maximum absolute atomic E-state index is 12.6. The van der Waals surface area contributed by atoms with Gasteiger partial charge in [-0.25, -0.2) is 4.63 Å². The molecule has 0 saturated carbocycles. The molecule has 0 aliphatic rings. The van der Waals surface area contributed by atoms with Gasteiger partial charge < -0.3 is 19.5 Å². The molecule has 0 spiro atoms. The van der Waals surface area contributed by atoms with E-state index in [9.17, 15) is 4.79 Å². The molecule has 0 unspecified atom stereocenters. The van der Waals surface area contributed by atoms with Gasteiger partial charge in [0.15, 0.2) is 23.3 Å². The predicted octanol–water partition coefficient (Wildman–Crippen LogP) is 3.78. The van der Waals surface area contributed by atoms with Crippen molar-refractivity contribution in [2.45, 2.75) is 26.9 Å². The standard InChI is InChI=1S/C21H23N3O5/c1-12-7-6-8-16(13(12)2)28-14(3)21(25)22-20-19(23-29-24-20)15-9-10-17(26-4)18(11-15)27-5/h6-11,14H,1-5H3,(H,22,24,25)/t14-/m1/s1. The number of nitrogens with zero attached hydrogens (tertiary/aromatic N) is 2. The summed E-state index contributed by atoms with van der Waals surface area (Å²) in [5.41, 5.74) is 3.10. The Balaban J connectivity index is 1.77. The molecule has 1 N–H and O–H groups in total. The average Bonchev–Trinajstić information content (AvgIpc) is 3.18. The van der Waals surface area contributed by atoms with Crippen LogP contribution < -0.4 is 19.5 Å². The molecule has 0 aliphatic carbocycles. The van der Waals surface area contributed by atoms with Gasteiger partial charge in [-0.3, -0.25) is 4.79 Å². The zero-order valence-electron chi connectivity index (χ0n) is 17.0. The Morgan fingerprint density at radius 2 is 1.79 bits per heavy atom. The number of amides is 1. The summed E-state index contributed by atoms with van der Waals surface area (Å²) in [6.45, 7) is 5.61. The molecule has 0 aliphatic heterocycles. The van der Waals surface area contributed by atoms with E-state index in [2.05, 4.69) is 15.6 Å². The van der Waals surface area contributed by atoms with Gasteiger partial charge in [0.1, 0.15) is 5.75 Å². The molecule has 8 heteroatoms. The predicted molar refractivity (Wildman–Crippen MR) is 107 cm³/mol. The van der Waals surface area contributed by atoms with Crippen molar-refractivity contribution in [2.75, 3.05) is 19.5 Å². The summed E-state index contributed by atoms with van der Waals surface area (Å²) in [5, 5.41) is 10.4. The van der Waals surface area contributed by atoms with Crippen molar-refractivity contribution in [1.82, 2.24) is 10.3 Å². The summed E-state index contributed by atoms with van der Waals surface area (Å²) in [6, 6.07) is 10.9. The van der Waals surface area contributed by atoms with Crippen LogP contribution in [0.1, 0.15) is 18.1 Å². The number of aryl methyl sites for hydroxylation is 1. The Morgan fingerprint density at radius 1 is 1.03 bits per heavy atom. The molecule has 0 saturated heterocycles. The highest BCUT2D eigenvalue weighted by molar-refractivity contribution is 5.96. The molecular weight excluding hydrogens is 374 g/mol. The summed E-state index contributed by atoms with van der Waals surface area (Å²) in [7, 11) is 3.09. The van der Waals surface area contributed by atoms with Crippen molar-refractivity contribution in [2.24, 2.45) is 0 Å². The first-order valence-electron chi connectivity index (χ1n) is 9.03. The van der Waals surface area contributed by atoms with Gasteiger partial charge in [-0.2, -0.15) is 0 Å². The number of carbonyl (C=O) groups is 1. The number of ether oxygens (including phenoxy) is 3. The summed E-state index contributed by atoms with van der Waals surface area (Å²) in [6.07, 6.45) is -0.745. The molecule has 1 amide bonds. The van der Waals surface area contributed by atoms with Crippen molar-refractivity contribution in [3.8, 4) is 28.5 Å². The van der Waals surface area contributed by atoms with Crippen LogP contribution in [0.25, 0.3) is 11.3 Å². The molecule has 0 fully saturated rings. The third-order valence-electron chi connectivity index (χ3n) is 4.62. The SMILES string of the molecule is COc1ccc(-c2nonc2NC(=O)[C@@H](C)Oc2cccc(C)c2C)cc1OC. The van der Waals surface area contributed by atoms with Gasteiger partial charge in [0.05, 0.1) is 14.2 Å². The van der Waals surface area contributed by atoms with Gasteiger partial charge in [0.2, 0.25) is 5.82 Å². The summed E-state index contributed by atoms with van der Waals surface area (Å²) < 4.78 is 21.2. The van der Waals surface area contributed by atoms with Gasteiger partial charge in [0.25, 0.3) is 5.91 Å². The van der Waals surface area contributed by atoms with E-state index in [-0.39, 0.29) is 11.7 Å². The normalized spacial score (nSPS) is 11.6. The lowest BCUT2D eigenvalue weighted by molar-refractivity contribution is -0.122. The van der Waals surface area contributed by atoms with Crippen LogP contribution in [0.4, 0.5) is 5.82 Å². The number of hydrogen-bond acceptors (Lipinski definition) is 7. The number of aromatic nitrogens is 2. The first-order chi connectivity index (χ1) is 13.9. The highest BCUT2D eigenvalue weighted by Crippen LogP contribution is 2.34. The first-order valence-corrected chi connectivity index (χ1v) is 9.03. The van der Waals surface area contributed by atoms with Crippen LogP contribution in [0.15, 0.2) is 41.0 Å². The molecule has 0 bridgehead atoms. The highest BCUT2D eigenvalue weighted by atomic mass is 16.6. The lowest BCUT2D eigenvalue weighted by atomic mass is 10.1. The Hall–Kier alpha value is -3.55. The fraction of sp³-hybridized carbons (Fsp3) is 0.286. The number of nitrogens with one attached hydrogen (secondary N) is 1. The lowest BCUT2D eigenvalue weighted by Crippen LogP contribution is -2.30. The van der Waals surface area contributed by atoms with Crippen LogP contribution in [0.3, 0.4) is 0 Å². The summed E-state index contributed by atoms with van der Waals surface area (Å²) in [5.74, 6) is 1.58. The number of benzene rings is 2. The molecule has 1 atom stereocenters. The number of methoxy groups -OCH3 is 2. The summed E-state index contributed by atoms with van der Waals surface area (Å²) >= 11 is 0. The van der Waals surface area contributed by atoms with E-state index < -0.39 is 6.10 Å². The van der Waals surface area contributed by atoms with Crippen molar-refractivity contribution in [1.29, 1.82) is 0 Å². The highest BCUT2D eigenvalue weighted by Gasteiger charge is 2.21. The third kappa shape index (κ3) is 4.31. The minimum absolute atomic E-state index is 0.193. The zero-order chi connectivity index (χ0) is 21.0. The average molecular weight is 397 g/mol. The Labute approximate surface area is 168 Å². The van der Waals surface area contributed by atoms with E-state index in [1.165, 1.54) is 7.11 Å². The molecule has 152 valence electrons. The largest absolute Gasteiger partial charge is 0.493 e. The zero-order valence-corrected chi connectivity index (χ0v) is 17.0. The minimum atomic E-state index is -0.745. The first kappa shape index (κ1) is 20.2. The smallest absolute Gasteiger partial charge is 0.266 e. The van der Waals surface area contributed by atoms with E-state index >= 15 is 0 Å². The second kappa shape index (κ2) is 8.64. The quantitative estimate of drug-likeness (QED) is 0.648. The molecule has 29 heavy (non-hydrogen) atoms. The molecule has 2 aromatic carbocycles. The van der Waals surface area contributed by atoms with Gasteiger partial charge in [-0.05, 0) is 66.5 Å². The monoisotopic (exact) mass is 397 g/mol. The maximum Gasteiger partial charge on any atom is 0.266 e. The topological polar surface area (TPSA) is 95.7 Å². The van der Waals surface area contributed by atoms with Gasteiger partial charge in [-0.15, -0.1) is 0 Å². The van der Waals surface area contributed by atoms with Crippen LogP contribution >= 0.6 is 0 Å². The molecule has 3 aromatic rings. The van der Waals surface area contributed by atoms with Crippen LogP contribution in [-0.2, 0) is 4.79 Å². The number of carbonyl (C=O) groups excluding carboxylic acids is 1. The van der Waals surface area contributed by atoms with E-state index in [0.29, 0.717) is 28.5 Å². The van der Waals surface area contributed by atoms with Crippen molar-refractivity contribution in [3.63, 3.8) is 0 Å². The molecule has 8 nitrogen and oxygen atoms in total. The minimum Gasteiger partial charge on any atom is -0.493 e. The number of rotatable bonds is 7. The van der Waals surface area contributed by atoms with Gasteiger partial charge in [-0.1, -0.05) is 12.1 Å². The number of anilines is 1. The Bertz CT molecular complexity index is 1020. The maximum atomic E-state index is 12.6. The van der Waals surface area contributed by atoms with Gasteiger partial charge >= 0.3 is 0 Å². The van der Waals surface area contributed by atoms with E-state index in [1.807, 2.05) is 32.0 Å². The van der Waals surface area contributed by atoms with E-state index in [0.717, 1.165) is 11.1 Å². The fourth-order valence-electron chi connectivity index (χ4n) is 2.76. The molecular formula is C21H23N3O5. The van der Waals surface area contributed by atoms with E-state index in [4.69, 9.17) is 18.8 Å². The second-order valence-electron chi connectivity index (χ2n) is 6.48. The van der Waals surface area contributed by atoms with Crippen molar-refractivity contribution >= 4 is 11.7 Å². The second-order valence-corrected chi connectivity index (χ2v) is 6.48. The Morgan fingerprint density at radius 3 is 2.52 bits per heavy atom. The third-order valence-corrected chi connectivity index (χ3v) is 4.62. The molecule has 3 rings (SSSR count). The molecule has 1 heterocycles. The number of hydrogen-bond donors (Lipinski definition) is 1. The van der Waals surface area contributed by atoms with Gasteiger partial charge in [0, 0.05) is 5.56 Å². The summed E-state index contributed by atoms with van der Waals surface area (Å²) in [4.78, 5) is 12.6. The lowest BCUT2D eigenvalue weighted by Gasteiger charge is -2.16. The van der Waals surface area contributed by atoms with Crippen LogP contribution in [-0.4, -0.2) is 36.5 Å².